The maximum atomic E-state index is 12.3. The summed E-state index contributed by atoms with van der Waals surface area (Å²) < 4.78 is 73.6. The highest BCUT2D eigenvalue weighted by Gasteiger charge is 2.49. The number of hydrogen-bond donors (Lipinski definition) is 0. The van der Waals surface area contributed by atoms with Crippen molar-refractivity contribution < 1.29 is 40.0 Å². The summed E-state index contributed by atoms with van der Waals surface area (Å²) in [5.74, 6) is 0.314. The summed E-state index contributed by atoms with van der Waals surface area (Å²) in [5.41, 5.74) is -5.32. The van der Waals surface area contributed by atoms with Gasteiger partial charge in [0.25, 0.3) is 0 Å². The molecule has 2 aliphatic carbocycles. The largest absolute Gasteiger partial charge is 0.534 e. The standard InChI is InChI=1S/C12H18F3NO4S.C11H19NO2/c1-11(16-6-8-19-9-7-16)4-2-10(3-5-11)20-21(17,18)12(13,14)15;1-11(4-2-10(13)3-5-11)12-6-8-14-9-7-12/h2H,3-9H2,1H3;2-9H2,1H3. The molecule has 8 nitrogen and oxygen atoms in total. The molecule has 0 bridgehead atoms. The summed E-state index contributed by atoms with van der Waals surface area (Å²) >= 11 is 0. The number of carbonyl (C=O) groups is 1. The van der Waals surface area contributed by atoms with E-state index in [-0.39, 0.29) is 23.3 Å². The molecule has 2 heterocycles. The second-order valence-electron chi connectivity index (χ2n) is 10.1. The van der Waals surface area contributed by atoms with Gasteiger partial charge in [-0.3, -0.25) is 14.6 Å². The third-order valence-corrected chi connectivity index (χ3v) is 8.61. The molecule has 0 amide bonds. The van der Waals surface area contributed by atoms with Gasteiger partial charge in [-0.05, 0) is 45.6 Å². The van der Waals surface area contributed by atoms with Crippen molar-refractivity contribution in [3.8, 4) is 0 Å². The van der Waals surface area contributed by atoms with Gasteiger partial charge in [0.15, 0.2) is 0 Å². The van der Waals surface area contributed by atoms with Crippen molar-refractivity contribution in [1.82, 2.24) is 9.80 Å². The van der Waals surface area contributed by atoms with E-state index in [9.17, 15) is 26.4 Å². The molecule has 1 saturated carbocycles. The number of ketones is 1. The molecule has 0 aromatic rings. The number of allylic oxidation sites excluding steroid dienone is 1. The Labute approximate surface area is 205 Å². The lowest BCUT2D eigenvalue weighted by atomic mass is 9.81. The van der Waals surface area contributed by atoms with Gasteiger partial charge in [-0.25, -0.2) is 0 Å². The predicted octanol–water partition coefficient (Wildman–Crippen LogP) is 3.23. The van der Waals surface area contributed by atoms with Crippen molar-refractivity contribution in [2.24, 2.45) is 0 Å². The van der Waals surface area contributed by atoms with Crippen molar-refractivity contribution >= 4 is 15.9 Å². The van der Waals surface area contributed by atoms with Crippen molar-refractivity contribution in [2.75, 3.05) is 52.6 Å². The highest BCUT2D eigenvalue weighted by molar-refractivity contribution is 7.87. The molecule has 0 spiro atoms. The summed E-state index contributed by atoms with van der Waals surface area (Å²) in [6.07, 6.45) is 6.23. The molecule has 2 saturated heterocycles. The number of ether oxygens (including phenoxy) is 2. The number of rotatable bonds is 4. The molecule has 2 aliphatic heterocycles. The monoisotopic (exact) mass is 526 g/mol. The average Bonchev–Trinajstić information content (AvgIpc) is 2.83. The fourth-order valence-electron chi connectivity index (χ4n) is 5.07. The van der Waals surface area contributed by atoms with E-state index in [4.69, 9.17) is 9.47 Å². The molecule has 4 rings (SSSR count). The Hall–Kier alpha value is -1.21. The lowest BCUT2D eigenvalue weighted by Crippen LogP contribution is -2.53. The van der Waals surface area contributed by atoms with Crippen LogP contribution in [0.1, 0.15) is 58.8 Å². The van der Waals surface area contributed by atoms with Crippen molar-refractivity contribution in [3.63, 3.8) is 0 Å². The highest BCUT2D eigenvalue weighted by Crippen LogP contribution is 2.36. The molecule has 0 radical (unpaired) electrons. The van der Waals surface area contributed by atoms with Gasteiger partial charge < -0.3 is 13.7 Å². The van der Waals surface area contributed by atoms with Crippen LogP contribution in [0.4, 0.5) is 13.2 Å². The zero-order chi connectivity index (χ0) is 25.7. The van der Waals surface area contributed by atoms with Gasteiger partial charge in [-0.15, -0.1) is 0 Å². The molecule has 4 aliphatic rings. The van der Waals surface area contributed by atoms with E-state index >= 15 is 0 Å². The second kappa shape index (κ2) is 11.5. The molecule has 202 valence electrons. The summed E-state index contributed by atoms with van der Waals surface area (Å²) in [7, 11) is -5.56. The number of nitrogens with zero attached hydrogens (tertiary/aromatic N) is 2. The summed E-state index contributed by atoms with van der Waals surface area (Å²) in [5, 5.41) is 0. The number of morpholine rings is 2. The van der Waals surface area contributed by atoms with Gasteiger partial charge >= 0.3 is 15.6 Å². The van der Waals surface area contributed by atoms with E-state index in [0.717, 1.165) is 65.1 Å². The first kappa shape index (κ1) is 28.4. The number of carbonyl (C=O) groups excluding carboxylic acids is 1. The van der Waals surface area contributed by atoms with Gasteiger partial charge in [0.1, 0.15) is 11.5 Å². The smallest absolute Gasteiger partial charge is 0.381 e. The molecule has 12 heteroatoms. The van der Waals surface area contributed by atoms with Crippen LogP contribution < -0.4 is 0 Å². The third-order valence-electron chi connectivity index (χ3n) is 7.61. The number of hydrogen-bond acceptors (Lipinski definition) is 8. The van der Waals surface area contributed by atoms with Crippen molar-refractivity contribution in [2.45, 2.75) is 75.4 Å². The van der Waals surface area contributed by atoms with Gasteiger partial charge in [0.05, 0.1) is 26.4 Å². The minimum Gasteiger partial charge on any atom is -0.381 e. The number of alkyl halides is 3. The molecular weight excluding hydrogens is 489 g/mol. The first-order chi connectivity index (χ1) is 16.3. The van der Waals surface area contributed by atoms with Crippen LogP contribution in [-0.4, -0.2) is 93.2 Å². The SMILES string of the molecule is CC1(N2CCOCC2)CC=C(OS(=O)(=O)C(F)(F)F)CC1.CC1(N2CCOCC2)CCC(=O)CC1. The van der Waals surface area contributed by atoms with Crippen molar-refractivity contribution in [1.29, 1.82) is 0 Å². The Bertz CT molecular complexity index is 857. The number of halogens is 3. The Balaban J connectivity index is 0.000000211. The first-order valence-corrected chi connectivity index (χ1v) is 13.6. The van der Waals surface area contributed by atoms with Gasteiger partial charge in [0, 0.05) is 56.5 Å². The van der Waals surface area contributed by atoms with Crippen LogP contribution in [0.15, 0.2) is 11.8 Å². The fraction of sp³-hybridized carbons (Fsp3) is 0.870. The minimum atomic E-state index is -5.56. The lowest BCUT2D eigenvalue weighted by molar-refractivity contribution is -0.124. The fourth-order valence-corrected chi connectivity index (χ4v) is 5.60. The molecule has 1 unspecified atom stereocenters. The van der Waals surface area contributed by atoms with E-state index < -0.39 is 15.6 Å². The number of Topliss-reactive ketones (excluding diaryl/α,β-unsaturated/α-hetero) is 1. The summed E-state index contributed by atoms with van der Waals surface area (Å²) in [4.78, 5) is 15.9. The van der Waals surface area contributed by atoms with E-state index in [1.165, 1.54) is 6.08 Å². The van der Waals surface area contributed by atoms with Crippen LogP contribution in [0.5, 0.6) is 0 Å². The molecule has 35 heavy (non-hydrogen) atoms. The topological polar surface area (TPSA) is 85.4 Å². The molecule has 3 fully saturated rings. The third kappa shape index (κ3) is 7.41. The maximum absolute atomic E-state index is 12.3. The van der Waals surface area contributed by atoms with Crippen molar-refractivity contribution in [3.05, 3.63) is 11.8 Å². The Morgan fingerprint density at radius 1 is 0.857 bits per heavy atom. The van der Waals surface area contributed by atoms with E-state index in [1.54, 1.807) is 0 Å². The normalized spacial score (nSPS) is 29.1. The molecule has 0 aromatic heterocycles. The Kier molecular flexibility index (Phi) is 9.28. The summed E-state index contributed by atoms with van der Waals surface area (Å²) in [6, 6.07) is 0. The molecule has 0 aromatic carbocycles. The highest BCUT2D eigenvalue weighted by atomic mass is 32.2. The van der Waals surface area contributed by atoms with Crippen LogP contribution in [0.25, 0.3) is 0 Å². The molecule has 1 atom stereocenters. The van der Waals surface area contributed by atoms with Gasteiger partial charge in [-0.2, -0.15) is 21.6 Å². The molecular formula is C23H37F3N2O6S. The Morgan fingerprint density at radius 3 is 1.74 bits per heavy atom. The average molecular weight is 527 g/mol. The maximum Gasteiger partial charge on any atom is 0.534 e. The van der Waals surface area contributed by atoms with Gasteiger partial charge in [0.2, 0.25) is 0 Å². The Morgan fingerprint density at radius 2 is 1.31 bits per heavy atom. The lowest BCUT2D eigenvalue weighted by Gasteiger charge is -2.45. The zero-order valence-electron chi connectivity index (χ0n) is 20.6. The van der Waals surface area contributed by atoms with E-state index in [0.29, 0.717) is 31.8 Å². The van der Waals surface area contributed by atoms with Crippen LogP contribution >= 0.6 is 0 Å². The van der Waals surface area contributed by atoms with E-state index in [1.807, 2.05) is 6.92 Å². The van der Waals surface area contributed by atoms with Crippen LogP contribution in [0.3, 0.4) is 0 Å². The summed E-state index contributed by atoms with van der Waals surface area (Å²) in [6.45, 7) is 10.9. The molecule has 0 N–H and O–H groups in total. The van der Waals surface area contributed by atoms with Gasteiger partial charge in [-0.1, -0.05) is 0 Å². The van der Waals surface area contributed by atoms with Crippen LogP contribution in [-0.2, 0) is 28.6 Å². The van der Waals surface area contributed by atoms with Crippen LogP contribution in [0.2, 0.25) is 0 Å². The van der Waals surface area contributed by atoms with Crippen LogP contribution in [0, 0.1) is 0 Å². The zero-order valence-corrected chi connectivity index (χ0v) is 21.4. The van der Waals surface area contributed by atoms with E-state index in [2.05, 4.69) is 20.9 Å². The quantitative estimate of drug-likeness (QED) is 0.408. The minimum absolute atomic E-state index is 0.127. The predicted molar refractivity (Wildman–Crippen MR) is 123 cm³/mol. The first-order valence-electron chi connectivity index (χ1n) is 12.2. The second-order valence-corrected chi connectivity index (χ2v) is 11.6.